The minimum Gasteiger partial charge on any atom is -0.504 e. The van der Waals surface area contributed by atoms with Crippen LogP contribution in [0.4, 0.5) is 0 Å². The van der Waals surface area contributed by atoms with E-state index in [4.69, 9.17) is 18.9 Å². The van der Waals surface area contributed by atoms with E-state index in [2.05, 4.69) is 0 Å². The summed E-state index contributed by atoms with van der Waals surface area (Å²) in [6.07, 6.45) is -11.6. The van der Waals surface area contributed by atoms with Crippen molar-refractivity contribution in [2.75, 3.05) is 20.3 Å². The first-order valence-electron chi connectivity index (χ1n) is 9.58. The third kappa shape index (κ3) is 4.54. The Hall–Kier alpha value is -1.54. The lowest BCUT2D eigenvalue weighted by atomic mass is 9.90. The van der Waals surface area contributed by atoms with Gasteiger partial charge in [-0.25, -0.2) is 0 Å². The predicted octanol–water partition coefficient (Wildman–Crippen LogP) is -2.23. The Bertz CT molecular complexity index is 701. The molecule has 0 radical (unpaired) electrons. The number of aromatic hydroxyl groups is 1. The Labute approximate surface area is 172 Å². The molecule has 11 nitrogen and oxygen atoms in total. The number of benzene rings is 1. The Morgan fingerprint density at radius 1 is 1.00 bits per heavy atom. The average molecular weight is 432 g/mol. The fraction of sp³-hybridized carbons (Fsp3) is 0.684. The van der Waals surface area contributed by atoms with Crippen LogP contribution in [0.2, 0.25) is 0 Å². The molecule has 170 valence electrons. The second kappa shape index (κ2) is 9.73. The second-order valence-electron chi connectivity index (χ2n) is 7.39. The van der Waals surface area contributed by atoms with Crippen molar-refractivity contribution in [3.05, 3.63) is 23.8 Å². The van der Waals surface area contributed by atoms with Crippen LogP contribution in [0.3, 0.4) is 0 Å². The van der Waals surface area contributed by atoms with E-state index in [0.717, 1.165) is 0 Å². The SMILES string of the molecule is COc1ccc(C2OC(CO)C(O)C(OC3OC(CO)CC(O)C3O)C2O)cc1O. The van der Waals surface area contributed by atoms with Gasteiger partial charge in [0.25, 0.3) is 0 Å². The lowest BCUT2D eigenvalue weighted by molar-refractivity contribution is -0.327. The van der Waals surface area contributed by atoms with Crippen LogP contribution in [0.5, 0.6) is 11.5 Å². The van der Waals surface area contributed by atoms with Gasteiger partial charge in [-0.2, -0.15) is 0 Å². The smallest absolute Gasteiger partial charge is 0.186 e. The molecule has 2 saturated heterocycles. The molecular formula is C19H28O11. The van der Waals surface area contributed by atoms with Crippen LogP contribution < -0.4 is 4.74 Å². The molecule has 9 unspecified atom stereocenters. The van der Waals surface area contributed by atoms with Crippen molar-refractivity contribution in [2.45, 2.75) is 61.5 Å². The molecule has 11 heteroatoms. The molecule has 7 N–H and O–H groups in total. The van der Waals surface area contributed by atoms with E-state index in [1.54, 1.807) is 0 Å². The second-order valence-corrected chi connectivity index (χ2v) is 7.39. The van der Waals surface area contributed by atoms with E-state index >= 15 is 0 Å². The maximum Gasteiger partial charge on any atom is 0.186 e. The van der Waals surface area contributed by atoms with E-state index < -0.39 is 68.3 Å². The monoisotopic (exact) mass is 432 g/mol. The van der Waals surface area contributed by atoms with Crippen molar-refractivity contribution in [2.24, 2.45) is 0 Å². The molecular weight excluding hydrogens is 404 g/mol. The highest BCUT2D eigenvalue weighted by atomic mass is 16.7. The molecule has 1 aromatic rings. The van der Waals surface area contributed by atoms with Crippen molar-refractivity contribution >= 4 is 0 Å². The van der Waals surface area contributed by atoms with Crippen LogP contribution in [0, 0.1) is 0 Å². The van der Waals surface area contributed by atoms with Crippen LogP contribution in [0.1, 0.15) is 18.1 Å². The molecule has 0 aliphatic carbocycles. The number of hydrogen-bond donors (Lipinski definition) is 7. The quantitative estimate of drug-likeness (QED) is 0.259. The zero-order valence-corrected chi connectivity index (χ0v) is 16.3. The highest BCUT2D eigenvalue weighted by Crippen LogP contribution is 2.38. The summed E-state index contributed by atoms with van der Waals surface area (Å²) in [4.78, 5) is 0. The molecule has 2 aliphatic heterocycles. The summed E-state index contributed by atoms with van der Waals surface area (Å²) in [5.74, 6) is 0.00763. The highest BCUT2D eigenvalue weighted by Gasteiger charge is 2.49. The summed E-state index contributed by atoms with van der Waals surface area (Å²) < 4.78 is 21.6. The predicted molar refractivity (Wildman–Crippen MR) is 98.6 cm³/mol. The zero-order valence-electron chi connectivity index (χ0n) is 16.3. The summed E-state index contributed by atoms with van der Waals surface area (Å²) in [6.45, 7) is -1.02. The molecule has 0 saturated carbocycles. The number of phenols is 1. The molecule has 2 heterocycles. The van der Waals surface area contributed by atoms with Gasteiger partial charge in [-0.15, -0.1) is 0 Å². The normalized spacial score (nSPS) is 39.6. The number of rotatable bonds is 6. The van der Waals surface area contributed by atoms with Crippen molar-refractivity contribution < 1.29 is 54.7 Å². The van der Waals surface area contributed by atoms with E-state index in [1.165, 1.54) is 25.3 Å². The molecule has 30 heavy (non-hydrogen) atoms. The fourth-order valence-corrected chi connectivity index (χ4v) is 3.71. The molecule has 2 aliphatic rings. The van der Waals surface area contributed by atoms with Gasteiger partial charge in [0.1, 0.15) is 36.6 Å². The van der Waals surface area contributed by atoms with Gasteiger partial charge >= 0.3 is 0 Å². The molecule has 2 fully saturated rings. The van der Waals surface area contributed by atoms with Gasteiger partial charge in [-0.3, -0.25) is 0 Å². The largest absolute Gasteiger partial charge is 0.504 e. The first kappa shape index (κ1) is 23.1. The Morgan fingerprint density at radius 3 is 2.33 bits per heavy atom. The van der Waals surface area contributed by atoms with Gasteiger partial charge in [0.2, 0.25) is 0 Å². The number of phenolic OH excluding ortho intramolecular Hbond substituents is 1. The van der Waals surface area contributed by atoms with E-state index in [0.29, 0.717) is 5.56 Å². The lowest BCUT2D eigenvalue weighted by Crippen LogP contribution is -2.60. The molecule has 0 bridgehead atoms. The van der Waals surface area contributed by atoms with E-state index in [1.807, 2.05) is 0 Å². The molecule has 9 atom stereocenters. The van der Waals surface area contributed by atoms with Crippen LogP contribution in [0.25, 0.3) is 0 Å². The highest BCUT2D eigenvalue weighted by molar-refractivity contribution is 5.42. The molecule has 0 aromatic heterocycles. The third-order valence-electron chi connectivity index (χ3n) is 5.40. The van der Waals surface area contributed by atoms with Gasteiger partial charge < -0.3 is 54.7 Å². The summed E-state index contributed by atoms with van der Waals surface area (Å²) in [5.41, 5.74) is 0.332. The molecule has 0 amide bonds. The molecule has 3 rings (SSSR count). The van der Waals surface area contributed by atoms with Crippen molar-refractivity contribution in [3.8, 4) is 11.5 Å². The topological polar surface area (TPSA) is 179 Å². The minimum atomic E-state index is -1.49. The van der Waals surface area contributed by atoms with Crippen molar-refractivity contribution in [3.63, 3.8) is 0 Å². The fourth-order valence-electron chi connectivity index (χ4n) is 3.71. The number of aliphatic hydroxyl groups is 6. The van der Waals surface area contributed by atoms with E-state index in [-0.39, 0.29) is 17.9 Å². The first-order valence-corrected chi connectivity index (χ1v) is 9.58. The van der Waals surface area contributed by atoms with Gasteiger partial charge in [0.05, 0.1) is 32.5 Å². The average Bonchev–Trinajstić information content (AvgIpc) is 2.74. The standard InChI is InChI=1S/C19H28O11/c1-27-12-3-2-8(4-10(12)22)17-16(26)18(15(25)13(7-21)29-17)30-19-14(24)11(23)5-9(6-20)28-19/h2-4,9,11,13-26H,5-7H2,1H3. The van der Waals surface area contributed by atoms with Crippen LogP contribution in [-0.4, -0.2) is 105 Å². The summed E-state index contributed by atoms with van der Waals surface area (Å²) in [5, 5.41) is 70.4. The number of ether oxygens (including phenoxy) is 4. The summed E-state index contributed by atoms with van der Waals surface area (Å²) in [7, 11) is 1.38. The van der Waals surface area contributed by atoms with Crippen LogP contribution in [0.15, 0.2) is 18.2 Å². The zero-order chi connectivity index (χ0) is 22.0. The van der Waals surface area contributed by atoms with Gasteiger partial charge in [-0.05, 0) is 17.7 Å². The van der Waals surface area contributed by atoms with Crippen LogP contribution in [-0.2, 0) is 14.2 Å². The Morgan fingerprint density at radius 2 is 1.73 bits per heavy atom. The van der Waals surface area contributed by atoms with Gasteiger partial charge in [0.15, 0.2) is 17.8 Å². The summed E-state index contributed by atoms with van der Waals surface area (Å²) >= 11 is 0. The third-order valence-corrected chi connectivity index (χ3v) is 5.40. The van der Waals surface area contributed by atoms with Gasteiger partial charge in [-0.1, -0.05) is 6.07 Å². The summed E-state index contributed by atoms with van der Waals surface area (Å²) in [6, 6.07) is 4.31. The van der Waals surface area contributed by atoms with Crippen molar-refractivity contribution in [1.82, 2.24) is 0 Å². The Kier molecular flexibility index (Phi) is 7.50. The van der Waals surface area contributed by atoms with Crippen molar-refractivity contribution in [1.29, 1.82) is 0 Å². The number of methoxy groups -OCH3 is 1. The Balaban J connectivity index is 1.84. The van der Waals surface area contributed by atoms with Crippen LogP contribution >= 0.6 is 0 Å². The molecule has 0 spiro atoms. The maximum absolute atomic E-state index is 10.8. The first-order chi connectivity index (χ1) is 14.3. The maximum atomic E-state index is 10.8. The van der Waals surface area contributed by atoms with Gasteiger partial charge in [0, 0.05) is 6.42 Å². The van der Waals surface area contributed by atoms with E-state index in [9.17, 15) is 35.7 Å². The molecule has 1 aromatic carbocycles. The number of hydrogen-bond acceptors (Lipinski definition) is 11. The number of aliphatic hydroxyl groups excluding tert-OH is 6. The minimum absolute atomic E-state index is 0.0105. The lowest BCUT2D eigenvalue weighted by Gasteiger charge is -2.45.